The zero-order chi connectivity index (χ0) is 16.2. The van der Waals surface area contributed by atoms with Gasteiger partial charge in [-0.3, -0.25) is 4.57 Å². The summed E-state index contributed by atoms with van der Waals surface area (Å²) in [6, 6.07) is 6.44. The predicted octanol–water partition coefficient (Wildman–Crippen LogP) is 3.18. The minimum atomic E-state index is 0.703. The standard InChI is InChI=1S/C16H20N6S/c1-4-8-22-15(18-19-20-22)11-23-16-17-7-9-21(16)14-6-5-12(2)13(3)10-14/h5-7,9-10H,4,8,11H2,1-3H3. The quantitative estimate of drug-likeness (QED) is 0.650. The van der Waals surface area contributed by atoms with Crippen LogP contribution in [-0.4, -0.2) is 29.8 Å². The summed E-state index contributed by atoms with van der Waals surface area (Å²) in [5, 5.41) is 12.8. The Morgan fingerprint density at radius 2 is 2.04 bits per heavy atom. The van der Waals surface area contributed by atoms with Crippen molar-refractivity contribution in [1.82, 2.24) is 29.8 Å². The van der Waals surface area contributed by atoms with Crippen molar-refractivity contribution in [3.63, 3.8) is 0 Å². The monoisotopic (exact) mass is 328 g/mol. The van der Waals surface area contributed by atoms with Gasteiger partial charge >= 0.3 is 0 Å². The second kappa shape index (κ2) is 6.95. The molecule has 23 heavy (non-hydrogen) atoms. The van der Waals surface area contributed by atoms with E-state index in [1.54, 1.807) is 11.8 Å². The number of benzene rings is 1. The summed E-state index contributed by atoms with van der Waals surface area (Å²) in [7, 11) is 0. The molecule has 0 unspecified atom stereocenters. The van der Waals surface area contributed by atoms with Crippen LogP contribution in [0.2, 0.25) is 0 Å². The van der Waals surface area contributed by atoms with Gasteiger partial charge in [0.05, 0.1) is 5.75 Å². The van der Waals surface area contributed by atoms with E-state index >= 15 is 0 Å². The van der Waals surface area contributed by atoms with E-state index in [4.69, 9.17) is 0 Å². The summed E-state index contributed by atoms with van der Waals surface area (Å²) in [6.07, 6.45) is 4.83. The van der Waals surface area contributed by atoms with Crippen LogP contribution in [0.1, 0.15) is 30.3 Å². The van der Waals surface area contributed by atoms with Crippen molar-refractivity contribution >= 4 is 11.8 Å². The van der Waals surface area contributed by atoms with Gasteiger partial charge in [-0.2, -0.15) is 0 Å². The Morgan fingerprint density at radius 3 is 2.83 bits per heavy atom. The first-order chi connectivity index (χ1) is 11.2. The van der Waals surface area contributed by atoms with Gasteiger partial charge in [-0.15, -0.1) is 5.10 Å². The lowest BCUT2D eigenvalue weighted by Crippen LogP contribution is -2.05. The molecule has 0 saturated heterocycles. The molecule has 120 valence electrons. The Labute approximate surface area is 139 Å². The Kier molecular flexibility index (Phi) is 4.76. The molecular formula is C16H20N6S. The Hall–Kier alpha value is -2.15. The summed E-state index contributed by atoms with van der Waals surface area (Å²) in [4.78, 5) is 4.47. The van der Waals surface area contributed by atoms with E-state index in [-0.39, 0.29) is 0 Å². The molecule has 3 rings (SSSR count). The lowest BCUT2D eigenvalue weighted by atomic mass is 10.1. The molecule has 6 nitrogen and oxygen atoms in total. The van der Waals surface area contributed by atoms with Gasteiger partial charge < -0.3 is 0 Å². The van der Waals surface area contributed by atoms with Gasteiger partial charge in [0.25, 0.3) is 0 Å². The number of aryl methyl sites for hydroxylation is 3. The molecular weight excluding hydrogens is 308 g/mol. The number of nitrogens with zero attached hydrogens (tertiary/aromatic N) is 6. The number of hydrogen-bond acceptors (Lipinski definition) is 5. The smallest absolute Gasteiger partial charge is 0.173 e. The van der Waals surface area contributed by atoms with E-state index in [1.165, 1.54) is 11.1 Å². The molecule has 0 N–H and O–H groups in total. The molecule has 0 atom stereocenters. The summed E-state index contributed by atoms with van der Waals surface area (Å²) in [5.74, 6) is 1.58. The van der Waals surface area contributed by atoms with Crippen LogP contribution in [0, 0.1) is 13.8 Å². The second-order valence-corrected chi connectivity index (χ2v) is 6.40. The zero-order valence-electron chi connectivity index (χ0n) is 13.6. The van der Waals surface area contributed by atoms with Crippen LogP contribution in [0.25, 0.3) is 5.69 Å². The van der Waals surface area contributed by atoms with E-state index in [9.17, 15) is 0 Å². The predicted molar refractivity (Wildman–Crippen MR) is 90.7 cm³/mol. The molecule has 0 amide bonds. The lowest BCUT2D eigenvalue weighted by Gasteiger charge is -2.09. The first-order valence-electron chi connectivity index (χ1n) is 7.68. The average molecular weight is 328 g/mol. The van der Waals surface area contributed by atoms with Gasteiger partial charge in [0, 0.05) is 24.6 Å². The number of rotatable bonds is 6. The molecule has 0 spiro atoms. The van der Waals surface area contributed by atoms with Gasteiger partial charge in [0.1, 0.15) is 0 Å². The highest BCUT2D eigenvalue weighted by Gasteiger charge is 2.10. The highest BCUT2D eigenvalue weighted by molar-refractivity contribution is 7.98. The first-order valence-corrected chi connectivity index (χ1v) is 8.66. The van der Waals surface area contributed by atoms with Crippen molar-refractivity contribution in [3.8, 4) is 5.69 Å². The number of thioether (sulfide) groups is 1. The van der Waals surface area contributed by atoms with Crippen molar-refractivity contribution in [3.05, 3.63) is 47.5 Å². The molecule has 7 heteroatoms. The Morgan fingerprint density at radius 1 is 1.17 bits per heavy atom. The Bertz CT molecular complexity index is 791. The first kappa shape index (κ1) is 15.7. The third kappa shape index (κ3) is 3.44. The number of tetrazole rings is 1. The molecule has 0 aliphatic rings. The fraction of sp³-hybridized carbons (Fsp3) is 0.375. The molecule has 0 radical (unpaired) electrons. The van der Waals surface area contributed by atoms with Gasteiger partial charge in [-0.25, -0.2) is 9.67 Å². The molecule has 3 aromatic rings. The SMILES string of the molecule is CCCn1nnnc1CSc1nccn1-c1ccc(C)c(C)c1. The van der Waals surface area contributed by atoms with Crippen LogP contribution < -0.4 is 0 Å². The third-order valence-corrected chi connectivity index (χ3v) is 4.71. The van der Waals surface area contributed by atoms with Crippen LogP contribution in [-0.2, 0) is 12.3 Å². The second-order valence-electron chi connectivity index (χ2n) is 5.46. The van der Waals surface area contributed by atoms with Crippen LogP contribution in [0.4, 0.5) is 0 Å². The van der Waals surface area contributed by atoms with E-state index < -0.39 is 0 Å². The number of aromatic nitrogens is 6. The maximum atomic E-state index is 4.47. The fourth-order valence-corrected chi connectivity index (χ4v) is 3.22. The summed E-state index contributed by atoms with van der Waals surface area (Å²) >= 11 is 1.64. The Balaban J connectivity index is 1.78. The molecule has 0 saturated carbocycles. The van der Waals surface area contributed by atoms with Crippen LogP contribution in [0.3, 0.4) is 0 Å². The van der Waals surface area contributed by atoms with E-state index in [0.717, 1.165) is 29.6 Å². The highest BCUT2D eigenvalue weighted by atomic mass is 32.2. The zero-order valence-corrected chi connectivity index (χ0v) is 14.4. The maximum Gasteiger partial charge on any atom is 0.173 e. The summed E-state index contributed by atoms with van der Waals surface area (Å²) < 4.78 is 3.96. The van der Waals surface area contributed by atoms with Gasteiger partial charge in [0.2, 0.25) is 0 Å². The maximum absolute atomic E-state index is 4.47. The fourth-order valence-electron chi connectivity index (χ4n) is 2.31. The molecule has 0 bridgehead atoms. The molecule has 0 aliphatic heterocycles. The van der Waals surface area contributed by atoms with Gasteiger partial charge in [-0.1, -0.05) is 24.8 Å². The van der Waals surface area contributed by atoms with Crippen molar-refractivity contribution in [2.45, 2.75) is 44.6 Å². The van der Waals surface area contributed by atoms with Gasteiger partial charge in [-0.05, 0) is 54.0 Å². The van der Waals surface area contributed by atoms with Crippen LogP contribution in [0.15, 0.2) is 35.7 Å². The highest BCUT2D eigenvalue weighted by Crippen LogP contribution is 2.24. The summed E-state index contributed by atoms with van der Waals surface area (Å²) in [5.41, 5.74) is 3.70. The number of imidazole rings is 1. The van der Waals surface area contributed by atoms with E-state index in [1.807, 2.05) is 17.1 Å². The molecule has 1 aromatic carbocycles. The minimum absolute atomic E-state index is 0.703. The van der Waals surface area contributed by atoms with Crippen LogP contribution in [0.5, 0.6) is 0 Å². The number of hydrogen-bond donors (Lipinski definition) is 0. The largest absolute Gasteiger partial charge is 0.295 e. The topological polar surface area (TPSA) is 61.4 Å². The van der Waals surface area contributed by atoms with Crippen LogP contribution >= 0.6 is 11.8 Å². The van der Waals surface area contributed by atoms with Crippen molar-refractivity contribution in [2.24, 2.45) is 0 Å². The molecule has 2 heterocycles. The normalized spacial score (nSPS) is 11.1. The third-order valence-electron chi connectivity index (χ3n) is 3.75. The molecule has 0 fully saturated rings. The van der Waals surface area contributed by atoms with Crippen molar-refractivity contribution in [2.75, 3.05) is 0 Å². The molecule has 2 aromatic heterocycles. The average Bonchev–Trinajstić information content (AvgIpc) is 3.17. The van der Waals surface area contributed by atoms with E-state index in [0.29, 0.717) is 5.75 Å². The molecule has 0 aliphatic carbocycles. The lowest BCUT2D eigenvalue weighted by molar-refractivity contribution is 0.564. The minimum Gasteiger partial charge on any atom is -0.295 e. The summed E-state index contributed by atoms with van der Waals surface area (Å²) in [6.45, 7) is 7.21. The van der Waals surface area contributed by atoms with Crippen molar-refractivity contribution < 1.29 is 0 Å². The van der Waals surface area contributed by atoms with E-state index in [2.05, 4.69) is 64.0 Å². The van der Waals surface area contributed by atoms with Crippen molar-refractivity contribution in [1.29, 1.82) is 0 Å². The van der Waals surface area contributed by atoms with Gasteiger partial charge in [0.15, 0.2) is 11.0 Å².